The average molecular weight is 414 g/mol. The molecule has 150 valence electrons. The summed E-state index contributed by atoms with van der Waals surface area (Å²) in [6.45, 7) is 8.59. The molecule has 4 aromatic rings. The number of halogens is 1. The van der Waals surface area contributed by atoms with Crippen LogP contribution in [0.3, 0.4) is 0 Å². The van der Waals surface area contributed by atoms with Gasteiger partial charge in [0.1, 0.15) is 11.5 Å². The number of benzene rings is 3. The van der Waals surface area contributed by atoms with Crippen LogP contribution in [-0.4, -0.2) is 9.55 Å². The average Bonchev–Trinajstić information content (AvgIpc) is 3.12. The van der Waals surface area contributed by atoms with Crippen molar-refractivity contribution in [3.8, 4) is 33.9 Å². The molecule has 30 heavy (non-hydrogen) atoms. The Hall–Kier alpha value is -3.04. The fourth-order valence-electron chi connectivity index (χ4n) is 4.23. The second-order valence-corrected chi connectivity index (χ2v) is 9.01. The molecule has 1 N–H and O–H groups in total. The molecule has 0 radical (unpaired) electrons. The first kappa shape index (κ1) is 19.0. The smallest absolute Gasteiger partial charge is 0.145 e. The summed E-state index contributed by atoms with van der Waals surface area (Å²) in [7, 11) is 0. The van der Waals surface area contributed by atoms with Crippen LogP contribution in [0.5, 0.6) is 0 Å². The van der Waals surface area contributed by atoms with Crippen molar-refractivity contribution in [2.24, 2.45) is 0 Å². The van der Waals surface area contributed by atoms with Crippen LogP contribution in [0.4, 0.5) is 5.69 Å². The zero-order valence-electron chi connectivity index (χ0n) is 17.6. The first-order chi connectivity index (χ1) is 14.3. The maximum Gasteiger partial charge on any atom is 0.145 e. The fraction of sp³-hybridized carbons (Fsp3) is 0.192. The van der Waals surface area contributed by atoms with Gasteiger partial charge in [-0.05, 0) is 45.9 Å². The van der Waals surface area contributed by atoms with Crippen molar-refractivity contribution in [1.29, 1.82) is 0 Å². The zero-order chi connectivity index (χ0) is 21.0. The summed E-state index contributed by atoms with van der Waals surface area (Å²) in [6.07, 6.45) is 0. The molecule has 0 unspecified atom stereocenters. The summed E-state index contributed by atoms with van der Waals surface area (Å²) in [5.41, 5.74) is 8.54. The van der Waals surface area contributed by atoms with E-state index < -0.39 is 0 Å². The van der Waals surface area contributed by atoms with Crippen molar-refractivity contribution >= 4 is 17.3 Å². The molecule has 2 heterocycles. The van der Waals surface area contributed by atoms with Crippen molar-refractivity contribution < 1.29 is 0 Å². The van der Waals surface area contributed by atoms with Crippen molar-refractivity contribution in [3.63, 3.8) is 0 Å². The molecule has 0 bridgehead atoms. The van der Waals surface area contributed by atoms with E-state index in [1.54, 1.807) is 0 Å². The molecule has 0 spiro atoms. The summed E-state index contributed by atoms with van der Waals surface area (Å²) in [5, 5.41) is 4.39. The number of nitrogens with one attached hydrogen (secondary N) is 1. The van der Waals surface area contributed by atoms with Gasteiger partial charge in [-0.2, -0.15) is 0 Å². The molecule has 1 aliphatic rings. The number of hydrogen-bond donors (Lipinski definition) is 1. The third-order valence-electron chi connectivity index (χ3n) is 5.75. The van der Waals surface area contributed by atoms with Crippen molar-refractivity contribution in [1.82, 2.24) is 9.55 Å². The third-order valence-corrected chi connectivity index (χ3v) is 5.98. The van der Waals surface area contributed by atoms with E-state index in [1.807, 2.05) is 18.2 Å². The molecule has 4 heteroatoms. The first-order valence-electron chi connectivity index (χ1n) is 10.2. The summed E-state index contributed by atoms with van der Waals surface area (Å²) in [4.78, 5) is 5.19. The second kappa shape index (κ2) is 6.75. The van der Waals surface area contributed by atoms with Crippen molar-refractivity contribution in [3.05, 3.63) is 82.9 Å². The molecule has 0 aliphatic carbocycles. The SMILES string of the molecule is Cc1ccc(-c2nc3n(c2-c2ccc(C)cc2)C(C)(C)Nc2ccc(Cl)cc2-3)cc1. The highest BCUT2D eigenvalue weighted by molar-refractivity contribution is 6.31. The van der Waals surface area contributed by atoms with Gasteiger partial charge in [-0.3, -0.25) is 0 Å². The first-order valence-corrected chi connectivity index (χ1v) is 10.6. The Morgan fingerprint density at radius 2 is 1.43 bits per heavy atom. The third kappa shape index (κ3) is 3.01. The minimum atomic E-state index is -0.355. The molecule has 1 aromatic heterocycles. The summed E-state index contributed by atoms with van der Waals surface area (Å²) in [5.74, 6) is 0.933. The van der Waals surface area contributed by atoms with Crippen molar-refractivity contribution in [2.75, 3.05) is 5.32 Å². The molecular formula is C26H24ClN3. The van der Waals surface area contributed by atoms with E-state index in [0.717, 1.165) is 39.6 Å². The maximum absolute atomic E-state index is 6.36. The molecule has 3 aromatic carbocycles. The Kier molecular flexibility index (Phi) is 4.26. The number of aryl methyl sites for hydroxylation is 2. The molecule has 5 rings (SSSR count). The zero-order valence-corrected chi connectivity index (χ0v) is 18.4. The number of imidazole rings is 1. The highest BCUT2D eigenvalue weighted by Gasteiger charge is 2.35. The van der Waals surface area contributed by atoms with Crippen LogP contribution in [0.15, 0.2) is 66.7 Å². The van der Waals surface area contributed by atoms with E-state index in [1.165, 1.54) is 11.1 Å². The van der Waals surface area contributed by atoms with Gasteiger partial charge in [0.25, 0.3) is 0 Å². The molecule has 0 saturated heterocycles. The molecule has 1 aliphatic heterocycles. The Morgan fingerprint density at radius 3 is 2.07 bits per heavy atom. The molecule has 0 fully saturated rings. The van der Waals surface area contributed by atoms with Gasteiger partial charge in [-0.1, -0.05) is 71.3 Å². The van der Waals surface area contributed by atoms with Gasteiger partial charge in [0, 0.05) is 27.4 Å². The van der Waals surface area contributed by atoms with Gasteiger partial charge in [0.2, 0.25) is 0 Å². The van der Waals surface area contributed by atoms with Crippen LogP contribution in [0.2, 0.25) is 5.02 Å². The lowest BCUT2D eigenvalue weighted by Crippen LogP contribution is -2.39. The largest absolute Gasteiger partial charge is 0.362 e. The summed E-state index contributed by atoms with van der Waals surface area (Å²) < 4.78 is 2.31. The lowest BCUT2D eigenvalue weighted by atomic mass is 10.0. The van der Waals surface area contributed by atoms with Crippen LogP contribution >= 0.6 is 11.6 Å². The van der Waals surface area contributed by atoms with Crippen LogP contribution in [0, 0.1) is 13.8 Å². The topological polar surface area (TPSA) is 29.9 Å². The minimum absolute atomic E-state index is 0.355. The van der Waals surface area contributed by atoms with E-state index in [-0.39, 0.29) is 5.66 Å². The predicted octanol–water partition coefficient (Wildman–Crippen LogP) is 7.27. The minimum Gasteiger partial charge on any atom is -0.362 e. The van der Waals surface area contributed by atoms with Crippen molar-refractivity contribution in [2.45, 2.75) is 33.4 Å². The quantitative estimate of drug-likeness (QED) is 0.374. The number of hydrogen-bond acceptors (Lipinski definition) is 2. The number of nitrogens with zero attached hydrogens (tertiary/aromatic N) is 2. The normalized spacial score (nSPS) is 14.0. The summed E-state index contributed by atoms with van der Waals surface area (Å²) >= 11 is 6.36. The van der Waals surface area contributed by atoms with Crippen LogP contribution < -0.4 is 5.32 Å². The standard InChI is InChI=1S/C26H24ClN3/c1-16-5-9-18(10-6-16)23-24(19-11-7-17(2)8-12-19)30-25(28-23)21-15-20(27)13-14-22(21)29-26(30,3)4/h5-15,29H,1-4H3. The van der Waals surface area contributed by atoms with Crippen LogP contribution in [0.1, 0.15) is 25.0 Å². The Morgan fingerprint density at radius 1 is 0.833 bits per heavy atom. The van der Waals surface area contributed by atoms with Gasteiger partial charge in [0.15, 0.2) is 0 Å². The van der Waals surface area contributed by atoms with Gasteiger partial charge < -0.3 is 9.88 Å². The number of anilines is 1. The van der Waals surface area contributed by atoms with E-state index in [2.05, 4.69) is 86.1 Å². The Labute approximate surface area is 182 Å². The number of aromatic nitrogens is 2. The fourth-order valence-corrected chi connectivity index (χ4v) is 4.40. The molecule has 0 amide bonds. The lowest BCUT2D eigenvalue weighted by molar-refractivity contribution is 0.415. The predicted molar refractivity (Wildman–Crippen MR) is 126 cm³/mol. The van der Waals surface area contributed by atoms with E-state index in [0.29, 0.717) is 5.02 Å². The van der Waals surface area contributed by atoms with Gasteiger partial charge in [0.05, 0.1) is 11.4 Å². The monoisotopic (exact) mass is 413 g/mol. The van der Waals surface area contributed by atoms with Gasteiger partial charge in [-0.25, -0.2) is 4.98 Å². The van der Waals surface area contributed by atoms with Crippen LogP contribution in [-0.2, 0) is 5.66 Å². The molecular weight excluding hydrogens is 390 g/mol. The highest BCUT2D eigenvalue weighted by Crippen LogP contribution is 2.46. The Bertz CT molecular complexity index is 1250. The Balaban J connectivity index is 1.87. The van der Waals surface area contributed by atoms with Gasteiger partial charge in [-0.15, -0.1) is 0 Å². The van der Waals surface area contributed by atoms with E-state index >= 15 is 0 Å². The molecule has 3 nitrogen and oxygen atoms in total. The van der Waals surface area contributed by atoms with E-state index in [9.17, 15) is 0 Å². The van der Waals surface area contributed by atoms with E-state index in [4.69, 9.17) is 16.6 Å². The highest BCUT2D eigenvalue weighted by atomic mass is 35.5. The second-order valence-electron chi connectivity index (χ2n) is 8.57. The molecule has 0 atom stereocenters. The van der Waals surface area contributed by atoms with Crippen LogP contribution in [0.25, 0.3) is 33.9 Å². The number of rotatable bonds is 2. The van der Waals surface area contributed by atoms with Gasteiger partial charge >= 0.3 is 0 Å². The molecule has 0 saturated carbocycles. The number of fused-ring (bicyclic) bond motifs is 3. The lowest BCUT2D eigenvalue weighted by Gasteiger charge is -2.37. The maximum atomic E-state index is 6.36. The summed E-state index contributed by atoms with van der Waals surface area (Å²) in [6, 6.07) is 23.2.